The van der Waals surface area contributed by atoms with Gasteiger partial charge in [-0.05, 0) is 29.1 Å². The summed E-state index contributed by atoms with van der Waals surface area (Å²) < 4.78 is 0. The number of carbonyl (C=O) groups excluding carboxylic acids is 1. The minimum absolute atomic E-state index is 0.239. The molecule has 0 unspecified atom stereocenters. The van der Waals surface area contributed by atoms with E-state index in [-0.39, 0.29) is 4.88 Å². The lowest BCUT2D eigenvalue weighted by atomic mass is 10.2. The topological polar surface area (TPSA) is 40.1 Å². The first-order chi connectivity index (χ1) is 8.59. The lowest BCUT2D eigenvalue weighted by Crippen LogP contribution is -2.21. The minimum atomic E-state index is -1.15. The summed E-state index contributed by atoms with van der Waals surface area (Å²) in [6, 6.07) is 7.05. The number of aromatic carboxylic acids is 1. The Morgan fingerprint density at radius 1 is 1.28 bits per heavy atom. The van der Waals surface area contributed by atoms with Crippen LogP contribution in [-0.2, 0) is 5.75 Å². The van der Waals surface area contributed by atoms with Gasteiger partial charge in [0.15, 0.2) is 0 Å². The van der Waals surface area contributed by atoms with Crippen LogP contribution in [-0.4, -0.2) is 5.97 Å². The molecule has 6 heteroatoms. The van der Waals surface area contributed by atoms with Crippen LogP contribution in [0, 0.1) is 0 Å². The normalized spacial score (nSPS) is 10.6. The lowest BCUT2D eigenvalue weighted by Gasteiger charge is -2.07. The monoisotopic (exact) mass is 317 g/mol. The number of carbonyl (C=O) groups is 1. The van der Waals surface area contributed by atoms with Crippen LogP contribution in [0.2, 0.25) is 10.0 Å². The Balaban J connectivity index is 2.17. The largest absolute Gasteiger partial charge is 0.544 e. The molecule has 0 fully saturated rings. The summed E-state index contributed by atoms with van der Waals surface area (Å²) in [5, 5.41) is 13.8. The fourth-order valence-corrected chi connectivity index (χ4v) is 4.09. The minimum Gasteiger partial charge on any atom is -0.544 e. The highest BCUT2D eigenvalue weighted by atomic mass is 35.5. The molecule has 94 valence electrons. The second-order valence-electron chi connectivity index (χ2n) is 3.39. The van der Waals surface area contributed by atoms with Gasteiger partial charge >= 0.3 is 0 Å². The number of thioether (sulfide) groups is 1. The molecule has 0 saturated heterocycles. The number of thiophene rings is 1. The number of rotatable bonds is 4. The number of benzene rings is 1. The van der Waals surface area contributed by atoms with Gasteiger partial charge in [-0.1, -0.05) is 29.3 Å². The smallest absolute Gasteiger partial charge is 0.0826 e. The Kier molecular flexibility index (Phi) is 4.56. The first-order valence-corrected chi connectivity index (χ1v) is 7.56. The van der Waals surface area contributed by atoms with Gasteiger partial charge in [0.1, 0.15) is 0 Å². The molecule has 0 bridgehead atoms. The van der Waals surface area contributed by atoms with Crippen molar-refractivity contribution < 1.29 is 9.90 Å². The summed E-state index contributed by atoms with van der Waals surface area (Å²) in [6.45, 7) is 0. The van der Waals surface area contributed by atoms with Crippen LogP contribution in [0.3, 0.4) is 0 Å². The molecule has 0 amide bonds. The second kappa shape index (κ2) is 5.97. The van der Waals surface area contributed by atoms with Crippen molar-refractivity contribution >= 4 is 52.3 Å². The average molecular weight is 318 g/mol. The lowest BCUT2D eigenvalue weighted by molar-refractivity contribution is -0.254. The Labute approximate surface area is 123 Å². The maximum atomic E-state index is 10.9. The summed E-state index contributed by atoms with van der Waals surface area (Å²) in [4.78, 5) is 11.8. The van der Waals surface area contributed by atoms with Crippen LogP contribution < -0.4 is 5.11 Å². The zero-order valence-corrected chi connectivity index (χ0v) is 12.1. The van der Waals surface area contributed by atoms with Gasteiger partial charge in [-0.25, -0.2) is 0 Å². The van der Waals surface area contributed by atoms with E-state index in [0.717, 1.165) is 16.9 Å². The van der Waals surface area contributed by atoms with E-state index in [1.54, 1.807) is 29.6 Å². The van der Waals surface area contributed by atoms with Gasteiger partial charge in [0.2, 0.25) is 0 Å². The van der Waals surface area contributed by atoms with Crippen LogP contribution >= 0.6 is 46.3 Å². The molecule has 0 N–H and O–H groups in total. The van der Waals surface area contributed by atoms with Crippen molar-refractivity contribution in [3.8, 4) is 0 Å². The van der Waals surface area contributed by atoms with Crippen LogP contribution in [0.4, 0.5) is 0 Å². The predicted octanol–water partition coefficient (Wildman–Crippen LogP) is 3.71. The van der Waals surface area contributed by atoms with E-state index in [2.05, 4.69) is 0 Å². The van der Waals surface area contributed by atoms with E-state index in [1.165, 1.54) is 11.8 Å². The van der Waals surface area contributed by atoms with Crippen molar-refractivity contribution in [3.05, 3.63) is 50.1 Å². The summed E-state index contributed by atoms with van der Waals surface area (Å²) in [6.07, 6.45) is 0. The fourth-order valence-electron chi connectivity index (χ4n) is 1.38. The van der Waals surface area contributed by atoms with E-state index >= 15 is 0 Å². The number of carboxylic acids is 1. The molecule has 2 rings (SSSR count). The Morgan fingerprint density at radius 2 is 1.94 bits per heavy atom. The SMILES string of the molecule is O=C([O-])c1sccc1SCc1c(Cl)cccc1Cl. The first-order valence-electron chi connectivity index (χ1n) is 4.94. The second-order valence-corrected chi connectivity index (χ2v) is 6.14. The molecular weight excluding hydrogens is 311 g/mol. The average Bonchev–Trinajstić information content (AvgIpc) is 2.76. The van der Waals surface area contributed by atoms with E-state index in [1.807, 2.05) is 0 Å². The van der Waals surface area contributed by atoms with E-state index in [9.17, 15) is 9.90 Å². The van der Waals surface area contributed by atoms with Crippen molar-refractivity contribution in [1.82, 2.24) is 0 Å². The van der Waals surface area contributed by atoms with Gasteiger partial charge in [-0.3, -0.25) is 0 Å². The highest BCUT2D eigenvalue weighted by molar-refractivity contribution is 7.98. The molecule has 0 spiro atoms. The van der Waals surface area contributed by atoms with E-state index < -0.39 is 5.97 Å². The number of carboxylic acid groups (broad SMARTS) is 1. The van der Waals surface area contributed by atoms with Crippen LogP contribution in [0.5, 0.6) is 0 Å². The maximum absolute atomic E-state index is 10.9. The summed E-state index contributed by atoms with van der Waals surface area (Å²) >= 11 is 14.6. The highest BCUT2D eigenvalue weighted by Crippen LogP contribution is 2.34. The molecule has 0 radical (unpaired) electrons. The first kappa shape index (κ1) is 13.7. The molecule has 18 heavy (non-hydrogen) atoms. The molecule has 1 aromatic carbocycles. The molecule has 2 nitrogen and oxygen atoms in total. The zero-order valence-electron chi connectivity index (χ0n) is 8.98. The summed E-state index contributed by atoms with van der Waals surface area (Å²) in [5.41, 5.74) is 0.807. The molecular formula is C12H7Cl2O2S2-. The third kappa shape index (κ3) is 3.01. The molecule has 1 aromatic heterocycles. The van der Waals surface area contributed by atoms with Crippen molar-refractivity contribution in [2.24, 2.45) is 0 Å². The molecule has 2 aromatic rings. The Bertz CT molecular complexity index is 561. The van der Waals surface area contributed by atoms with Crippen LogP contribution in [0.1, 0.15) is 15.2 Å². The number of hydrogen-bond donors (Lipinski definition) is 0. The molecule has 0 atom stereocenters. The van der Waals surface area contributed by atoms with Gasteiger partial charge in [0.05, 0.1) is 10.8 Å². The van der Waals surface area contributed by atoms with Gasteiger partial charge in [0, 0.05) is 20.7 Å². The summed E-state index contributed by atoms with van der Waals surface area (Å²) in [7, 11) is 0. The van der Waals surface area contributed by atoms with Gasteiger partial charge in [-0.2, -0.15) is 0 Å². The quantitative estimate of drug-likeness (QED) is 0.807. The third-order valence-corrected chi connectivity index (χ3v) is 5.06. The summed E-state index contributed by atoms with van der Waals surface area (Å²) in [5.74, 6) is -0.632. The van der Waals surface area contributed by atoms with Crippen LogP contribution in [0.15, 0.2) is 34.5 Å². The van der Waals surface area contributed by atoms with Crippen LogP contribution in [0.25, 0.3) is 0 Å². The van der Waals surface area contributed by atoms with Crippen molar-refractivity contribution in [3.63, 3.8) is 0 Å². The maximum Gasteiger partial charge on any atom is 0.0826 e. The molecule has 0 aliphatic rings. The molecule has 0 aliphatic heterocycles. The van der Waals surface area contributed by atoms with Crippen molar-refractivity contribution in [1.29, 1.82) is 0 Å². The van der Waals surface area contributed by atoms with Crippen molar-refractivity contribution in [2.45, 2.75) is 10.6 Å². The van der Waals surface area contributed by atoms with E-state index in [4.69, 9.17) is 23.2 Å². The van der Waals surface area contributed by atoms with Gasteiger partial charge < -0.3 is 9.90 Å². The van der Waals surface area contributed by atoms with Gasteiger partial charge in [0.25, 0.3) is 0 Å². The number of hydrogen-bond acceptors (Lipinski definition) is 4. The predicted molar refractivity (Wildman–Crippen MR) is 74.7 cm³/mol. The van der Waals surface area contributed by atoms with E-state index in [0.29, 0.717) is 20.7 Å². The standard InChI is InChI=1S/C12H8Cl2O2S2/c13-8-2-1-3-9(14)7(8)6-18-10-4-5-17-11(10)12(15)16/h1-5H,6H2,(H,15,16)/p-1. The molecule has 0 saturated carbocycles. The van der Waals surface area contributed by atoms with Crippen molar-refractivity contribution in [2.75, 3.05) is 0 Å². The molecule has 0 aliphatic carbocycles. The third-order valence-electron chi connectivity index (χ3n) is 2.25. The molecule has 1 heterocycles. The zero-order chi connectivity index (χ0) is 13.1. The Hall–Kier alpha value is -0.680. The van der Waals surface area contributed by atoms with Gasteiger partial charge in [-0.15, -0.1) is 23.1 Å². The number of halogens is 2. The fraction of sp³-hybridized carbons (Fsp3) is 0.0833. The Morgan fingerprint density at radius 3 is 2.56 bits per heavy atom. The highest BCUT2D eigenvalue weighted by Gasteiger charge is 2.09.